The highest BCUT2D eigenvalue weighted by atomic mass is 31.1. The minimum Gasteiger partial charge on any atom is -0.465 e. The van der Waals surface area contributed by atoms with Crippen molar-refractivity contribution in [2.45, 2.75) is 58.8 Å². The van der Waals surface area contributed by atoms with Gasteiger partial charge in [-0.25, -0.2) is 18.6 Å². The molecule has 0 bridgehead atoms. The predicted molar refractivity (Wildman–Crippen MR) is 125 cm³/mol. The molecular formula is C25H30O7P+. The molecule has 0 N–H and O–H groups in total. The first-order valence-electron chi connectivity index (χ1n) is 10.6. The lowest BCUT2D eigenvalue weighted by molar-refractivity contribution is 0.0591. The molecule has 0 saturated heterocycles. The summed E-state index contributed by atoms with van der Waals surface area (Å²) in [5.41, 5.74) is 2.60. The van der Waals surface area contributed by atoms with E-state index in [1.807, 2.05) is 41.5 Å². The summed E-state index contributed by atoms with van der Waals surface area (Å²) >= 11 is 0. The third-order valence-corrected chi connectivity index (χ3v) is 6.17. The summed E-state index contributed by atoms with van der Waals surface area (Å²) in [5.74, 6) is -0.153. The number of esters is 2. The molecule has 2 aromatic rings. The van der Waals surface area contributed by atoms with Crippen LogP contribution in [0, 0.1) is 0 Å². The van der Waals surface area contributed by atoms with Crippen LogP contribution in [-0.4, -0.2) is 26.2 Å². The van der Waals surface area contributed by atoms with Gasteiger partial charge in [-0.1, -0.05) is 41.5 Å². The van der Waals surface area contributed by atoms with E-state index in [-0.39, 0.29) is 6.42 Å². The van der Waals surface area contributed by atoms with Crippen molar-refractivity contribution in [2.75, 3.05) is 14.2 Å². The van der Waals surface area contributed by atoms with Crippen molar-refractivity contribution in [3.8, 4) is 11.5 Å². The third-order valence-electron chi connectivity index (χ3n) is 5.50. The summed E-state index contributed by atoms with van der Waals surface area (Å²) in [6.07, 6.45) is 0.287. The Bertz CT molecular complexity index is 1050. The van der Waals surface area contributed by atoms with Gasteiger partial charge in [-0.15, -0.1) is 0 Å². The number of hydrogen-bond donors (Lipinski definition) is 0. The molecule has 1 aliphatic rings. The van der Waals surface area contributed by atoms with Gasteiger partial charge in [0.25, 0.3) is 0 Å². The van der Waals surface area contributed by atoms with E-state index in [1.54, 1.807) is 24.3 Å². The molecule has 0 aliphatic carbocycles. The van der Waals surface area contributed by atoms with E-state index in [4.69, 9.17) is 18.5 Å². The number of fused-ring (bicyclic) bond motifs is 2. The van der Waals surface area contributed by atoms with Crippen LogP contribution in [0.3, 0.4) is 0 Å². The zero-order valence-corrected chi connectivity index (χ0v) is 21.2. The van der Waals surface area contributed by atoms with E-state index in [9.17, 15) is 14.2 Å². The Morgan fingerprint density at radius 3 is 1.42 bits per heavy atom. The van der Waals surface area contributed by atoms with Gasteiger partial charge in [0.05, 0.1) is 25.3 Å². The molecule has 0 atom stereocenters. The Labute approximate surface area is 195 Å². The molecule has 176 valence electrons. The summed E-state index contributed by atoms with van der Waals surface area (Å²) in [6, 6.07) is 6.75. The minimum absolute atomic E-state index is 0.287. The van der Waals surface area contributed by atoms with Gasteiger partial charge < -0.3 is 9.47 Å². The summed E-state index contributed by atoms with van der Waals surface area (Å²) in [5, 5.41) is 0. The second-order valence-electron chi connectivity index (χ2n) is 10.1. The normalized spacial score (nSPS) is 13.5. The second-order valence-corrected chi connectivity index (χ2v) is 10.9. The van der Waals surface area contributed by atoms with Crippen LogP contribution in [0.15, 0.2) is 24.3 Å². The molecule has 0 amide bonds. The number of benzene rings is 2. The van der Waals surface area contributed by atoms with Crippen molar-refractivity contribution in [2.24, 2.45) is 0 Å². The predicted octanol–water partition coefficient (Wildman–Crippen LogP) is 5.87. The Morgan fingerprint density at radius 1 is 0.758 bits per heavy atom. The monoisotopic (exact) mass is 473 g/mol. The van der Waals surface area contributed by atoms with Gasteiger partial charge in [-0.3, -0.25) is 0 Å². The fraction of sp³-hybridized carbons (Fsp3) is 0.440. The molecular weight excluding hydrogens is 443 g/mol. The molecule has 1 heterocycles. The first-order valence-corrected chi connectivity index (χ1v) is 11.7. The zero-order chi connectivity index (χ0) is 24.7. The lowest BCUT2D eigenvalue weighted by Gasteiger charge is -2.26. The zero-order valence-electron chi connectivity index (χ0n) is 20.3. The maximum absolute atomic E-state index is 13.0. The van der Waals surface area contributed by atoms with Gasteiger partial charge in [0.15, 0.2) is 11.5 Å². The van der Waals surface area contributed by atoms with Crippen LogP contribution >= 0.6 is 8.25 Å². The van der Waals surface area contributed by atoms with Crippen LogP contribution in [0.25, 0.3) is 0 Å². The molecule has 33 heavy (non-hydrogen) atoms. The molecule has 2 aromatic carbocycles. The quantitative estimate of drug-likeness (QED) is 0.398. The smallest absolute Gasteiger partial charge is 0.465 e. The first kappa shape index (κ1) is 24.7. The molecule has 0 saturated carbocycles. The molecule has 0 spiro atoms. The van der Waals surface area contributed by atoms with Crippen LogP contribution in [0.4, 0.5) is 0 Å². The summed E-state index contributed by atoms with van der Waals surface area (Å²) in [6.45, 7) is 11.8. The van der Waals surface area contributed by atoms with E-state index in [1.165, 1.54) is 14.2 Å². The molecule has 0 radical (unpaired) electrons. The summed E-state index contributed by atoms with van der Waals surface area (Å²) in [7, 11) is 0.0732. The number of ether oxygens (including phenoxy) is 2. The number of methoxy groups -OCH3 is 2. The largest absolute Gasteiger partial charge is 0.805 e. The average molecular weight is 473 g/mol. The molecule has 3 rings (SSSR count). The topological polar surface area (TPSA) is 88.1 Å². The second kappa shape index (κ2) is 8.79. The Kier molecular flexibility index (Phi) is 6.58. The van der Waals surface area contributed by atoms with Gasteiger partial charge in [0, 0.05) is 33.2 Å². The van der Waals surface area contributed by atoms with Crippen LogP contribution in [0.5, 0.6) is 11.5 Å². The first-order chi connectivity index (χ1) is 15.3. The number of hydrogen-bond acceptors (Lipinski definition) is 7. The number of carbonyl (C=O) groups is 2. The van der Waals surface area contributed by atoms with Crippen molar-refractivity contribution in [1.29, 1.82) is 0 Å². The Morgan fingerprint density at radius 2 is 1.12 bits per heavy atom. The highest BCUT2D eigenvalue weighted by Crippen LogP contribution is 2.47. The lowest BCUT2D eigenvalue weighted by atomic mass is 9.81. The molecule has 0 aromatic heterocycles. The maximum Gasteiger partial charge on any atom is 0.805 e. The number of carbonyl (C=O) groups excluding carboxylic acids is 2. The van der Waals surface area contributed by atoms with Gasteiger partial charge >= 0.3 is 20.2 Å². The van der Waals surface area contributed by atoms with Crippen molar-refractivity contribution in [1.82, 2.24) is 0 Å². The van der Waals surface area contributed by atoms with E-state index in [0.717, 1.165) is 0 Å². The van der Waals surface area contributed by atoms with Gasteiger partial charge in [-0.2, -0.15) is 0 Å². The van der Waals surface area contributed by atoms with Gasteiger partial charge in [0.1, 0.15) is 0 Å². The van der Waals surface area contributed by atoms with Crippen LogP contribution in [0.1, 0.15) is 84.5 Å². The van der Waals surface area contributed by atoms with E-state index >= 15 is 0 Å². The van der Waals surface area contributed by atoms with Crippen molar-refractivity contribution >= 4 is 20.2 Å². The summed E-state index contributed by atoms with van der Waals surface area (Å²) in [4.78, 5) is 24.8. The molecule has 0 unspecified atom stereocenters. The standard InChI is InChI=1S/C25H30O7P/c1-24(2,3)18-12-16(22(26)29-7)10-14-9-15-11-17(23(27)30-8)13-19(25(4,5)6)21(15)32-33(28)31-20(14)18/h10-13H,9H2,1-8H3/q+1. The Hall–Kier alpha value is -2.92. The Balaban J connectivity index is 2.35. The van der Waals surface area contributed by atoms with Crippen LogP contribution < -0.4 is 9.05 Å². The minimum atomic E-state index is -2.57. The van der Waals surface area contributed by atoms with Gasteiger partial charge in [0.2, 0.25) is 0 Å². The maximum atomic E-state index is 13.0. The SMILES string of the molecule is COC(=O)c1cc2c(c(C(C)(C)C)c1)O[P+](=O)Oc1c(cc(C(=O)OC)cc1C(C)(C)C)C2. The van der Waals surface area contributed by atoms with Crippen molar-refractivity contribution in [3.63, 3.8) is 0 Å². The molecule has 7 nitrogen and oxygen atoms in total. The van der Waals surface area contributed by atoms with E-state index in [0.29, 0.717) is 44.9 Å². The number of rotatable bonds is 2. The highest BCUT2D eigenvalue weighted by molar-refractivity contribution is 7.34. The molecule has 1 aliphatic heterocycles. The molecule has 8 heteroatoms. The van der Waals surface area contributed by atoms with E-state index in [2.05, 4.69) is 0 Å². The van der Waals surface area contributed by atoms with Crippen molar-refractivity contribution in [3.05, 3.63) is 57.6 Å². The third kappa shape index (κ3) is 5.03. The molecule has 0 fully saturated rings. The lowest BCUT2D eigenvalue weighted by Crippen LogP contribution is -2.19. The summed E-state index contributed by atoms with van der Waals surface area (Å²) < 4.78 is 34.5. The average Bonchev–Trinajstić information content (AvgIpc) is 2.71. The highest BCUT2D eigenvalue weighted by Gasteiger charge is 2.38. The van der Waals surface area contributed by atoms with Crippen LogP contribution in [-0.2, 0) is 31.3 Å². The van der Waals surface area contributed by atoms with Crippen molar-refractivity contribution < 1.29 is 32.7 Å². The fourth-order valence-electron chi connectivity index (χ4n) is 3.81. The van der Waals surface area contributed by atoms with Gasteiger partial charge in [-0.05, 0) is 35.1 Å². The van der Waals surface area contributed by atoms with Crippen LogP contribution in [0.2, 0.25) is 0 Å². The van der Waals surface area contributed by atoms with E-state index < -0.39 is 31.0 Å². The fourth-order valence-corrected chi connectivity index (χ4v) is 4.58.